The minimum absolute atomic E-state index is 0. The van der Waals surface area contributed by atoms with Gasteiger partial charge in [-0.3, -0.25) is 0 Å². The molecular formula is C23H47KO4S. The Morgan fingerprint density at radius 3 is 1.31 bits per heavy atom. The summed E-state index contributed by atoms with van der Waals surface area (Å²) in [5.41, 5.74) is 0. The van der Waals surface area contributed by atoms with E-state index in [1.165, 1.54) is 77.6 Å². The fraction of sp³-hybridized carbons (Fsp3) is 1.00. The predicted molar refractivity (Wildman–Crippen MR) is 119 cm³/mol. The van der Waals surface area contributed by atoms with Gasteiger partial charge in [0.25, 0.3) is 0 Å². The normalized spacial score (nSPS) is 13.8. The van der Waals surface area contributed by atoms with Crippen LogP contribution in [0.2, 0.25) is 0 Å². The molecule has 29 heavy (non-hydrogen) atoms. The second-order valence-electron chi connectivity index (χ2n) is 8.63. The second kappa shape index (κ2) is 22.7. The number of aliphatic hydroxyl groups excluding tert-OH is 1. The molecule has 0 aliphatic carbocycles. The number of aliphatic hydroxyl groups is 1. The molecule has 2 atom stereocenters. The van der Waals surface area contributed by atoms with Gasteiger partial charge in [-0.15, -0.1) is 0 Å². The summed E-state index contributed by atoms with van der Waals surface area (Å²) < 4.78 is 32.4. The van der Waals surface area contributed by atoms with Crippen molar-refractivity contribution in [3.05, 3.63) is 0 Å². The van der Waals surface area contributed by atoms with Gasteiger partial charge in [0.2, 0.25) is 0 Å². The third-order valence-electron chi connectivity index (χ3n) is 5.78. The Morgan fingerprint density at radius 2 is 0.966 bits per heavy atom. The molecule has 2 unspecified atom stereocenters. The molecule has 0 radical (unpaired) electrons. The first-order chi connectivity index (χ1) is 13.4. The van der Waals surface area contributed by atoms with Crippen LogP contribution in [0.4, 0.5) is 0 Å². The summed E-state index contributed by atoms with van der Waals surface area (Å²) >= 11 is 0. The first-order valence-electron chi connectivity index (χ1n) is 12.0. The summed E-state index contributed by atoms with van der Waals surface area (Å²) in [5, 5.41) is 9.27. The average Bonchev–Trinajstić information content (AvgIpc) is 2.64. The van der Waals surface area contributed by atoms with Gasteiger partial charge in [-0.25, -0.2) is 8.42 Å². The molecule has 0 amide bonds. The van der Waals surface area contributed by atoms with Crippen LogP contribution in [0, 0.1) is 0 Å². The molecule has 0 aromatic heterocycles. The van der Waals surface area contributed by atoms with Crippen LogP contribution in [0.3, 0.4) is 0 Å². The molecule has 4 nitrogen and oxygen atoms in total. The molecular weight excluding hydrogens is 411 g/mol. The number of hydrogen-bond acceptors (Lipinski definition) is 4. The van der Waals surface area contributed by atoms with E-state index < -0.39 is 15.4 Å². The molecule has 0 aliphatic rings. The van der Waals surface area contributed by atoms with E-state index in [-0.39, 0.29) is 57.5 Å². The van der Waals surface area contributed by atoms with Gasteiger partial charge in [0.05, 0.1) is 16.2 Å². The Bertz CT molecular complexity index is 429. The van der Waals surface area contributed by atoms with Crippen molar-refractivity contribution >= 4 is 10.1 Å². The van der Waals surface area contributed by atoms with Gasteiger partial charge >= 0.3 is 51.4 Å². The second-order valence-corrected chi connectivity index (χ2v) is 10.4. The molecule has 0 aromatic rings. The summed E-state index contributed by atoms with van der Waals surface area (Å²) in [5.74, 6) is 0. The van der Waals surface area contributed by atoms with Crippen LogP contribution in [-0.2, 0) is 10.1 Å². The van der Waals surface area contributed by atoms with Crippen molar-refractivity contribution in [1.82, 2.24) is 0 Å². The molecule has 0 fully saturated rings. The monoisotopic (exact) mass is 458 g/mol. The van der Waals surface area contributed by atoms with Gasteiger partial charge in [-0.2, -0.15) is 0 Å². The van der Waals surface area contributed by atoms with Crippen LogP contribution in [0.1, 0.15) is 136 Å². The van der Waals surface area contributed by atoms with Crippen LogP contribution in [0.25, 0.3) is 0 Å². The molecule has 1 N–H and O–H groups in total. The summed E-state index contributed by atoms with van der Waals surface area (Å²) in [7, 11) is -4.13. The van der Waals surface area contributed by atoms with Crippen LogP contribution in [0.15, 0.2) is 0 Å². The summed E-state index contributed by atoms with van der Waals surface area (Å²) in [6.45, 7) is 3.75. The Labute approximate surface area is 224 Å². The van der Waals surface area contributed by atoms with Gasteiger partial charge in [-0.1, -0.05) is 110 Å². The third kappa shape index (κ3) is 24.0. The van der Waals surface area contributed by atoms with Crippen molar-refractivity contribution in [1.29, 1.82) is 0 Å². The maximum absolute atomic E-state index is 10.8. The zero-order valence-corrected chi connectivity index (χ0v) is 23.6. The minimum Gasteiger partial charge on any atom is -0.748 e. The van der Waals surface area contributed by atoms with Crippen molar-refractivity contribution in [2.45, 2.75) is 147 Å². The molecule has 0 saturated carbocycles. The standard InChI is InChI=1S/C23H48O4S.K/c1-3-4-5-6-7-8-9-10-11-12-13-17-20-23(24)21-18-15-14-16-19-22(2)28(25,26)27;/h22-24H,3-21H2,1-2H3,(H,25,26,27);/q;+1/p-1. The summed E-state index contributed by atoms with van der Waals surface area (Å²) in [6.07, 6.45) is 21.8. The average molecular weight is 459 g/mol. The maximum Gasteiger partial charge on any atom is 1.00 e. The van der Waals surface area contributed by atoms with Crippen LogP contribution in [0.5, 0.6) is 0 Å². The molecule has 0 rings (SSSR count). The third-order valence-corrected chi connectivity index (χ3v) is 7.00. The van der Waals surface area contributed by atoms with Crippen LogP contribution in [-0.4, -0.2) is 29.4 Å². The topological polar surface area (TPSA) is 77.4 Å². The van der Waals surface area contributed by atoms with Gasteiger partial charge in [0, 0.05) is 5.25 Å². The summed E-state index contributed by atoms with van der Waals surface area (Å²) in [4.78, 5) is 0. The van der Waals surface area contributed by atoms with Crippen molar-refractivity contribution in [3.63, 3.8) is 0 Å². The van der Waals surface area contributed by atoms with E-state index in [0.717, 1.165) is 44.9 Å². The largest absolute Gasteiger partial charge is 1.00 e. The van der Waals surface area contributed by atoms with Crippen LogP contribution >= 0.6 is 0 Å². The van der Waals surface area contributed by atoms with E-state index in [4.69, 9.17) is 0 Å². The predicted octanol–water partition coefficient (Wildman–Crippen LogP) is 3.72. The van der Waals surface area contributed by atoms with Crippen molar-refractivity contribution in [3.8, 4) is 0 Å². The first-order valence-corrected chi connectivity index (χ1v) is 13.5. The molecule has 0 saturated heterocycles. The SMILES string of the molecule is CCCCCCCCCCCCCCC(O)CCCCCCC(C)S(=O)(=O)[O-].[K+]. The fourth-order valence-corrected chi connectivity index (χ4v) is 4.13. The zero-order chi connectivity index (χ0) is 21.1. The van der Waals surface area contributed by atoms with Gasteiger partial charge in [0.1, 0.15) is 0 Å². The first kappa shape index (κ1) is 32.7. The molecule has 0 aromatic carbocycles. The molecule has 0 aliphatic heterocycles. The smallest absolute Gasteiger partial charge is 0.748 e. The maximum atomic E-state index is 10.8. The Kier molecular flexibility index (Phi) is 25.6. The Balaban J connectivity index is 0. The van der Waals surface area contributed by atoms with Gasteiger partial charge in [-0.05, 0) is 26.2 Å². The number of unbranched alkanes of at least 4 members (excludes halogenated alkanes) is 14. The molecule has 0 spiro atoms. The number of rotatable bonds is 21. The molecule has 0 bridgehead atoms. The van der Waals surface area contributed by atoms with E-state index in [9.17, 15) is 18.1 Å². The van der Waals surface area contributed by atoms with Gasteiger partial charge in [0.15, 0.2) is 0 Å². The Hall–Kier alpha value is 1.51. The molecule has 6 heteroatoms. The van der Waals surface area contributed by atoms with Crippen molar-refractivity contribution < 1.29 is 69.5 Å². The number of hydrogen-bond donors (Lipinski definition) is 1. The van der Waals surface area contributed by atoms with Crippen molar-refractivity contribution in [2.75, 3.05) is 0 Å². The van der Waals surface area contributed by atoms with Crippen molar-refractivity contribution in [2.24, 2.45) is 0 Å². The quantitative estimate of drug-likeness (QED) is 0.162. The fourth-order valence-electron chi connectivity index (χ4n) is 3.67. The van der Waals surface area contributed by atoms with E-state index in [2.05, 4.69) is 6.92 Å². The van der Waals surface area contributed by atoms with E-state index in [0.29, 0.717) is 6.42 Å². The minimum atomic E-state index is -4.13. The zero-order valence-electron chi connectivity index (χ0n) is 19.7. The summed E-state index contributed by atoms with van der Waals surface area (Å²) in [6, 6.07) is 0. The molecule has 170 valence electrons. The van der Waals surface area contributed by atoms with E-state index >= 15 is 0 Å². The van der Waals surface area contributed by atoms with E-state index in [1.807, 2.05) is 0 Å². The molecule has 0 heterocycles. The Morgan fingerprint density at radius 1 is 0.655 bits per heavy atom. The van der Waals surface area contributed by atoms with E-state index in [1.54, 1.807) is 0 Å². The van der Waals surface area contributed by atoms with Gasteiger partial charge < -0.3 is 9.66 Å². The van der Waals surface area contributed by atoms with Crippen LogP contribution < -0.4 is 51.4 Å².